The van der Waals surface area contributed by atoms with E-state index < -0.39 is 0 Å². The minimum absolute atomic E-state index is 0.423. The molecule has 0 unspecified atom stereocenters. The number of hydrogen-bond acceptors (Lipinski definition) is 6. The van der Waals surface area contributed by atoms with Gasteiger partial charge in [0.05, 0.1) is 0 Å². The highest BCUT2D eigenvalue weighted by Gasteiger charge is 2.55. The second kappa shape index (κ2) is 5.42. The largest absolute Gasteiger partial charge is 0.337 e. The van der Waals surface area contributed by atoms with E-state index in [0.29, 0.717) is 17.4 Å². The third-order valence-corrected chi connectivity index (χ3v) is 5.90. The Hall–Kier alpha value is -2.15. The summed E-state index contributed by atoms with van der Waals surface area (Å²) in [5.74, 6) is 3.21. The van der Waals surface area contributed by atoms with E-state index >= 15 is 0 Å². The number of rotatable bonds is 6. The number of aromatic nitrogens is 4. The molecular formula is C18H25N7. The summed E-state index contributed by atoms with van der Waals surface area (Å²) in [4.78, 5) is 11.6. The van der Waals surface area contributed by atoms with Crippen molar-refractivity contribution in [1.29, 1.82) is 0 Å². The van der Waals surface area contributed by atoms with Crippen molar-refractivity contribution >= 4 is 17.6 Å². The Balaban J connectivity index is 1.33. The summed E-state index contributed by atoms with van der Waals surface area (Å²) in [7, 11) is 4.05. The Labute approximate surface area is 147 Å². The van der Waals surface area contributed by atoms with E-state index in [0.717, 1.165) is 30.7 Å². The lowest BCUT2D eigenvalue weighted by molar-refractivity contribution is 0.196. The van der Waals surface area contributed by atoms with Gasteiger partial charge in [-0.05, 0) is 38.8 Å². The zero-order valence-corrected chi connectivity index (χ0v) is 14.9. The van der Waals surface area contributed by atoms with Gasteiger partial charge < -0.3 is 15.5 Å². The zero-order chi connectivity index (χ0) is 17.0. The summed E-state index contributed by atoms with van der Waals surface area (Å²) in [5.41, 5.74) is 1.73. The lowest BCUT2D eigenvalue weighted by Crippen LogP contribution is -2.41. The zero-order valence-electron chi connectivity index (χ0n) is 14.9. The molecule has 25 heavy (non-hydrogen) atoms. The van der Waals surface area contributed by atoms with Gasteiger partial charge in [0.1, 0.15) is 5.82 Å². The molecule has 0 amide bonds. The number of hydrogen-bond donors (Lipinski definition) is 2. The van der Waals surface area contributed by atoms with Gasteiger partial charge in [-0.1, -0.05) is 0 Å². The molecule has 2 aliphatic heterocycles. The molecule has 2 aromatic rings. The van der Waals surface area contributed by atoms with Gasteiger partial charge in [-0.25, -0.2) is 4.98 Å². The van der Waals surface area contributed by atoms with Gasteiger partial charge in [0, 0.05) is 55.5 Å². The Morgan fingerprint density at radius 1 is 1.28 bits per heavy atom. The summed E-state index contributed by atoms with van der Waals surface area (Å²) in [6, 6.07) is 4.66. The Bertz CT molecular complexity index is 788. The van der Waals surface area contributed by atoms with Crippen molar-refractivity contribution in [2.75, 3.05) is 30.4 Å². The molecule has 4 aliphatic rings. The number of anilines is 3. The lowest BCUT2D eigenvalue weighted by Gasteiger charge is -2.36. The molecule has 132 valence electrons. The van der Waals surface area contributed by atoms with Crippen LogP contribution in [0.1, 0.15) is 37.3 Å². The third kappa shape index (κ3) is 2.57. The predicted molar refractivity (Wildman–Crippen MR) is 97.2 cm³/mol. The van der Waals surface area contributed by atoms with E-state index in [9.17, 15) is 0 Å². The van der Waals surface area contributed by atoms with Crippen molar-refractivity contribution in [3.05, 3.63) is 24.0 Å². The number of nitrogens with zero attached hydrogens (tertiary/aromatic N) is 5. The van der Waals surface area contributed by atoms with Crippen molar-refractivity contribution in [2.24, 2.45) is 12.5 Å². The minimum Gasteiger partial charge on any atom is -0.337 e. The maximum atomic E-state index is 4.75. The van der Waals surface area contributed by atoms with Crippen LogP contribution >= 0.6 is 0 Å². The van der Waals surface area contributed by atoms with Gasteiger partial charge in [0.15, 0.2) is 5.82 Å². The second-order valence-corrected chi connectivity index (χ2v) is 7.94. The van der Waals surface area contributed by atoms with Crippen LogP contribution in [0.3, 0.4) is 0 Å². The standard InChI is InChI=1S/C18H25N7/c1-19-10-18-8-13(9-18)25(11-18)17-20-6-5-15(22-17)21-16-7-14(12-3-4-12)24(2)23-16/h5-7,12-13,19H,3-4,8-11H2,1-2H3,(H,20,21,22,23). The van der Waals surface area contributed by atoms with Gasteiger partial charge in [0.2, 0.25) is 5.95 Å². The molecule has 7 heteroatoms. The smallest absolute Gasteiger partial charge is 0.227 e. The van der Waals surface area contributed by atoms with Crippen LogP contribution in [0.4, 0.5) is 17.6 Å². The highest BCUT2D eigenvalue weighted by molar-refractivity contribution is 5.54. The first-order chi connectivity index (χ1) is 12.2. The van der Waals surface area contributed by atoms with Crippen molar-refractivity contribution < 1.29 is 0 Å². The molecule has 7 nitrogen and oxygen atoms in total. The van der Waals surface area contributed by atoms with Gasteiger partial charge in [-0.2, -0.15) is 10.1 Å². The van der Waals surface area contributed by atoms with Crippen LogP contribution in [-0.4, -0.2) is 45.9 Å². The van der Waals surface area contributed by atoms with Crippen LogP contribution in [-0.2, 0) is 7.05 Å². The first-order valence-electron chi connectivity index (χ1n) is 9.21. The van der Waals surface area contributed by atoms with Gasteiger partial charge >= 0.3 is 0 Å². The normalized spacial score (nSPS) is 27.4. The lowest BCUT2D eigenvalue weighted by atomic mass is 9.70. The molecule has 2 N–H and O–H groups in total. The molecule has 4 fully saturated rings. The van der Waals surface area contributed by atoms with Gasteiger partial charge in [0.25, 0.3) is 0 Å². The predicted octanol–water partition coefficient (Wildman–Crippen LogP) is 2.02. The topological polar surface area (TPSA) is 70.9 Å². The summed E-state index contributed by atoms with van der Waals surface area (Å²) in [5, 5.41) is 11.3. The molecule has 2 bridgehead atoms. The van der Waals surface area contributed by atoms with E-state index in [2.05, 4.69) is 31.7 Å². The van der Waals surface area contributed by atoms with Crippen molar-refractivity contribution in [3.63, 3.8) is 0 Å². The molecule has 0 spiro atoms. The molecule has 0 atom stereocenters. The van der Waals surface area contributed by atoms with Crippen molar-refractivity contribution in [3.8, 4) is 0 Å². The summed E-state index contributed by atoms with van der Waals surface area (Å²) in [6.07, 6.45) is 6.90. The maximum absolute atomic E-state index is 4.75. The second-order valence-electron chi connectivity index (χ2n) is 7.94. The number of aryl methyl sites for hydroxylation is 1. The first kappa shape index (κ1) is 15.1. The van der Waals surface area contributed by atoms with E-state index in [1.165, 1.54) is 31.4 Å². The van der Waals surface area contributed by atoms with E-state index in [4.69, 9.17) is 4.98 Å². The molecule has 4 heterocycles. The fourth-order valence-electron chi connectivity index (χ4n) is 4.58. The van der Waals surface area contributed by atoms with Gasteiger partial charge in [-0.3, -0.25) is 4.68 Å². The van der Waals surface area contributed by atoms with E-state index in [1.807, 2.05) is 31.0 Å². The molecule has 2 saturated heterocycles. The summed E-state index contributed by atoms with van der Waals surface area (Å²) >= 11 is 0. The molecular weight excluding hydrogens is 314 g/mol. The minimum atomic E-state index is 0.423. The fourth-order valence-corrected chi connectivity index (χ4v) is 4.58. The van der Waals surface area contributed by atoms with Crippen molar-refractivity contribution in [1.82, 2.24) is 25.1 Å². The Morgan fingerprint density at radius 2 is 2.12 bits per heavy atom. The number of nitrogens with one attached hydrogen (secondary N) is 2. The summed E-state index contributed by atoms with van der Waals surface area (Å²) in [6.45, 7) is 2.13. The molecule has 0 aromatic carbocycles. The van der Waals surface area contributed by atoms with Crippen LogP contribution in [0.25, 0.3) is 0 Å². The molecule has 2 saturated carbocycles. The molecule has 6 rings (SSSR count). The Morgan fingerprint density at radius 3 is 2.88 bits per heavy atom. The fraction of sp³-hybridized carbons (Fsp3) is 0.611. The molecule has 2 aromatic heterocycles. The average Bonchev–Trinajstić information content (AvgIpc) is 3.12. The quantitative estimate of drug-likeness (QED) is 0.839. The van der Waals surface area contributed by atoms with Crippen LogP contribution in [0.15, 0.2) is 18.3 Å². The highest BCUT2D eigenvalue weighted by atomic mass is 15.3. The summed E-state index contributed by atoms with van der Waals surface area (Å²) < 4.78 is 1.98. The van der Waals surface area contributed by atoms with Crippen LogP contribution in [0, 0.1) is 5.41 Å². The maximum Gasteiger partial charge on any atom is 0.227 e. The van der Waals surface area contributed by atoms with Crippen LogP contribution in [0.5, 0.6) is 0 Å². The third-order valence-electron chi connectivity index (χ3n) is 5.90. The molecule has 0 radical (unpaired) electrons. The van der Waals surface area contributed by atoms with Crippen LogP contribution < -0.4 is 15.5 Å². The van der Waals surface area contributed by atoms with Crippen molar-refractivity contribution in [2.45, 2.75) is 37.6 Å². The van der Waals surface area contributed by atoms with E-state index in [1.54, 1.807) is 0 Å². The SMILES string of the molecule is CNCC12CC(C1)N(c1nccc(Nc3cc(C4CC4)n(C)n3)n1)C2. The van der Waals surface area contributed by atoms with Crippen LogP contribution in [0.2, 0.25) is 0 Å². The van der Waals surface area contributed by atoms with Gasteiger partial charge in [-0.15, -0.1) is 0 Å². The number of fused-ring (bicyclic) bond motifs is 1. The molecule has 2 aliphatic carbocycles. The van der Waals surface area contributed by atoms with E-state index in [-0.39, 0.29) is 0 Å². The Kier molecular flexibility index (Phi) is 3.28. The monoisotopic (exact) mass is 339 g/mol. The average molecular weight is 339 g/mol. The highest BCUT2D eigenvalue weighted by Crippen LogP contribution is 2.52. The first-order valence-corrected chi connectivity index (χ1v) is 9.21.